The van der Waals surface area contributed by atoms with E-state index in [1.54, 1.807) is 13.8 Å². The SMILES string of the molecule is CC(C)=NNC(=O)c1cc(Cl)c(OCc2ccccc2)c(Cl)c1. The lowest BCUT2D eigenvalue weighted by Gasteiger charge is -2.11. The van der Waals surface area contributed by atoms with Crippen LogP contribution in [0.5, 0.6) is 5.75 Å². The molecule has 0 fully saturated rings. The average Bonchev–Trinajstić information content (AvgIpc) is 2.52. The molecular weight excluding hydrogens is 335 g/mol. The Balaban J connectivity index is 2.14. The Kier molecular flexibility index (Phi) is 6.02. The number of nitrogens with one attached hydrogen (secondary N) is 1. The number of amides is 1. The molecule has 120 valence electrons. The normalized spacial score (nSPS) is 10.1. The zero-order valence-corrected chi connectivity index (χ0v) is 14.3. The molecule has 0 bridgehead atoms. The number of rotatable bonds is 5. The van der Waals surface area contributed by atoms with Crippen LogP contribution < -0.4 is 10.2 Å². The van der Waals surface area contributed by atoms with Gasteiger partial charge < -0.3 is 4.74 Å². The molecule has 1 N–H and O–H groups in total. The van der Waals surface area contributed by atoms with Crippen LogP contribution in [0.3, 0.4) is 0 Å². The number of benzene rings is 2. The van der Waals surface area contributed by atoms with Gasteiger partial charge in [-0.3, -0.25) is 4.79 Å². The summed E-state index contributed by atoms with van der Waals surface area (Å²) in [5.41, 5.74) is 4.47. The standard InChI is InChI=1S/C17H16Cl2N2O2/c1-11(2)20-21-17(22)13-8-14(18)16(15(19)9-13)23-10-12-6-4-3-5-7-12/h3-9H,10H2,1-2H3,(H,21,22). The zero-order valence-electron chi connectivity index (χ0n) is 12.8. The highest BCUT2D eigenvalue weighted by Crippen LogP contribution is 2.34. The number of carbonyl (C=O) groups excluding carboxylic acids is 1. The quantitative estimate of drug-likeness (QED) is 0.627. The molecule has 0 saturated heterocycles. The number of hydrazone groups is 1. The van der Waals surface area contributed by atoms with E-state index in [4.69, 9.17) is 27.9 Å². The van der Waals surface area contributed by atoms with Gasteiger partial charge in [-0.15, -0.1) is 0 Å². The molecule has 4 nitrogen and oxygen atoms in total. The third-order valence-electron chi connectivity index (χ3n) is 2.87. The Hall–Kier alpha value is -2.04. The average molecular weight is 351 g/mol. The van der Waals surface area contributed by atoms with E-state index in [1.807, 2.05) is 30.3 Å². The Bertz CT molecular complexity index is 704. The van der Waals surface area contributed by atoms with Crippen molar-refractivity contribution in [2.24, 2.45) is 5.10 Å². The molecule has 0 spiro atoms. The van der Waals surface area contributed by atoms with Gasteiger partial charge in [-0.2, -0.15) is 5.10 Å². The predicted octanol–water partition coefficient (Wildman–Crippen LogP) is 4.70. The second kappa shape index (κ2) is 7.99. The van der Waals surface area contributed by atoms with Gasteiger partial charge in [0.2, 0.25) is 0 Å². The molecule has 2 aromatic carbocycles. The summed E-state index contributed by atoms with van der Waals surface area (Å²) in [6.07, 6.45) is 0. The molecule has 0 aliphatic heterocycles. The van der Waals surface area contributed by atoms with E-state index in [0.29, 0.717) is 17.9 Å². The van der Waals surface area contributed by atoms with Crippen molar-refractivity contribution in [1.82, 2.24) is 5.43 Å². The molecule has 0 aliphatic rings. The fourth-order valence-corrected chi connectivity index (χ4v) is 2.38. The van der Waals surface area contributed by atoms with Gasteiger partial charge >= 0.3 is 0 Å². The van der Waals surface area contributed by atoms with Crippen LogP contribution >= 0.6 is 23.2 Å². The summed E-state index contributed by atoms with van der Waals surface area (Å²) in [5, 5.41) is 4.41. The van der Waals surface area contributed by atoms with Gasteiger partial charge in [0.25, 0.3) is 5.91 Å². The molecule has 1 amide bonds. The van der Waals surface area contributed by atoms with Crippen molar-refractivity contribution in [3.63, 3.8) is 0 Å². The second-order valence-electron chi connectivity index (χ2n) is 5.04. The molecule has 6 heteroatoms. The third-order valence-corrected chi connectivity index (χ3v) is 3.43. The first-order valence-electron chi connectivity index (χ1n) is 6.94. The Morgan fingerprint density at radius 2 is 1.74 bits per heavy atom. The number of nitrogens with zero attached hydrogens (tertiary/aromatic N) is 1. The summed E-state index contributed by atoms with van der Waals surface area (Å²) in [7, 11) is 0. The molecule has 0 unspecified atom stereocenters. The summed E-state index contributed by atoms with van der Waals surface area (Å²) < 4.78 is 5.66. The van der Waals surface area contributed by atoms with Gasteiger partial charge in [0, 0.05) is 11.3 Å². The highest BCUT2D eigenvalue weighted by atomic mass is 35.5. The van der Waals surface area contributed by atoms with Crippen LogP contribution in [-0.2, 0) is 6.61 Å². The lowest BCUT2D eigenvalue weighted by molar-refractivity contribution is 0.0954. The van der Waals surface area contributed by atoms with Crippen LogP contribution in [0.15, 0.2) is 47.6 Å². The van der Waals surface area contributed by atoms with Crippen molar-refractivity contribution in [2.75, 3.05) is 0 Å². The van der Waals surface area contributed by atoms with Crippen molar-refractivity contribution in [2.45, 2.75) is 20.5 Å². The molecule has 0 saturated carbocycles. The first-order chi connectivity index (χ1) is 11.0. The van der Waals surface area contributed by atoms with Gasteiger partial charge in [0.1, 0.15) is 6.61 Å². The van der Waals surface area contributed by atoms with Crippen molar-refractivity contribution >= 4 is 34.8 Å². The number of halogens is 2. The maximum Gasteiger partial charge on any atom is 0.271 e. The number of hydrogen-bond acceptors (Lipinski definition) is 3. The van der Waals surface area contributed by atoms with Crippen molar-refractivity contribution in [3.05, 3.63) is 63.6 Å². The summed E-state index contributed by atoms with van der Waals surface area (Å²) >= 11 is 12.4. The van der Waals surface area contributed by atoms with Crippen LogP contribution in [-0.4, -0.2) is 11.6 Å². The molecule has 0 atom stereocenters. The molecular formula is C17H16Cl2N2O2. The van der Waals surface area contributed by atoms with E-state index in [0.717, 1.165) is 11.3 Å². The first kappa shape index (κ1) is 17.3. The van der Waals surface area contributed by atoms with E-state index < -0.39 is 0 Å². The minimum Gasteiger partial charge on any atom is -0.486 e. The maximum atomic E-state index is 12.0. The van der Waals surface area contributed by atoms with E-state index in [2.05, 4.69) is 10.5 Å². The lowest BCUT2D eigenvalue weighted by atomic mass is 10.2. The number of ether oxygens (including phenoxy) is 1. The van der Waals surface area contributed by atoms with Crippen LogP contribution in [0.4, 0.5) is 0 Å². The van der Waals surface area contributed by atoms with Crippen LogP contribution in [0.25, 0.3) is 0 Å². The van der Waals surface area contributed by atoms with Crippen molar-refractivity contribution < 1.29 is 9.53 Å². The highest BCUT2D eigenvalue weighted by Gasteiger charge is 2.14. The van der Waals surface area contributed by atoms with Crippen molar-refractivity contribution in [1.29, 1.82) is 0 Å². The maximum absolute atomic E-state index is 12.0. The largest absolute Gasteiger partial charge is 0.486 e. The summed E-state index contributed by atoms with van der Waals surface area (Å²) in [4.78, 5) is 12.0. The van der Waals surface area contributed by atoms with E-state index in [1.165, 1.54) is 12.1 Å². The molecule has 0 heterocycles. The fourth-order valence-electron chi connectivity index (χ4n) is 1.79. The second-order valence-corrected chi connectivity index (χ2v) is 5.86. The number of carbonyl (C=O) groups is 1. The van der Waals surface area contributed by atoms with E-state index >= 15 is 0 Å². The topological polar surface area (TPSA) is 50.7 Å². The van der Waals surface area contributed by atoms with E-state index in [-0.39, 0.29) is 16.0 Å². The zero-order chi connectivity index (χ0) is 16.8. The number of hydrogen-bond donors (Lipinski definition) is 1. The Labute approximate surface area is 145 Å². The van der Waals surface area contributed by atoms with Crippen LogP contribution in [0.2, 0.25) is 10.0 Å². The summed E-state index contributed by atoms with van der Waals surface area (Å²) in [6, 6.07) is 12.7. The van der Waals surface area contributed by atoms with Crippen LogP contribution in [0.1, 0.15) is 29.8 Å². The first-order valence-corrected chi connectivity index (χ1v) is 7.70. The van der Waals surface area contributed by atoms with E-state index in [9.17, 15) is 4.79 Å². The van der Waals surface area contributed by atoms with Gasteiger partial charge in [-0.05, 0) is 31.5 Å². The molecule has 0 radical (unpaired) electrons. The smallest absolute Gasteiger partial charge is 0.271 e. The fraction of sp³-hybridized carbons (Fsp3) is 0.176. The van der Waals surface area contributed by atoms with Gasteiger partial charge in [0.05, 0.1) is 10.0 Å². The van der Waals surface area contributed by atoms with Crippen molar-refractivity contribution in [3.8, 4) is 5.75 Å². The van der Waals surface area contributed by atoms with Crippen LogP contribution in [0, 0.1) is 0 Å². The predicted molar refractivity (Wildman–Crippen MR) is 93.5 cm³/mol. The third kappa shape index (κ3) is 4.98. The molecule has 23 heavy (non-hydrogen) atoms. The Morgan fingerprint density at radius 3 is 2.30 bits per heavy atom. The molecule has 0 aliphatic carbocycles. The monoisotopic (exact) mass is 350 g/mol. The summed E-state index contributed by atoms with van der Waals surface area (Å²) in [5.74, 6) is -0.0338. The highest BCUT2D eigenvalue weighted by molar-refractivity contribution is 6.37. The molecule has 2 aromatic rings. The lowest BCUT2D eigenvalue weighted by Crippen LogP contribution is -2.18. The minimum atomic E-state index is -0.385. The Morgan fingerprint density at radius 1 is 1.13 bits per heavy atom. The summed E-state index contributed by atoms with van der Waals surface area (Å²) in [6.45, 7) is 3.90. The van der Waals surface area contributed by atoms with Gasteiger partial charge in [-0.25, -0.2) is 5.43 Å². The molecule has 0 aromatic heterocycles. The minimum absolute atomic E-state index is 0.274. The van der Waals surface area contributed by atoms with Gasteiger partial charge in [-0.1, -0.05) is 53.5 Å². The van der Waals surface area contributed by atoms with Gasteiger partial charge in [0.15, 0.2) is 5.75 Å². The molecule has 2 rings (SSSR count).